The van der Waals surface area contributed by atoms with Crippen molar-refractivity contribution in [3.63, 3.8) is 0 Å². The Kier molecular flexibility index (Phi) is 7.88. The number of thiazole rings is 1. The van der Waals surface area contributed by atoms with Crippen molar-refractivity contribution in [3.8, 4) is 0 Å². The molecule has 32 heavy (non-hydrogen) atoms. The van der Waals surface area contributed by atoms with E-state index >= 15 is 0 Å². The molecule has 1 heterocycles. The van der Waals surface area contributed by atoms with E-state index in [4.69, 9.17) is 11.6 Å². The number of halogens is 3. The molecule has 1 aromatic heterocycles. The number of benzene rings is 2. The second kappa shape index (κ2) is 10.4. The van der Waals surface area contributed by atoms with Crippen LogP contribution in [-0.4, -0.2) is 45.5 Å². The standard InChI is InChI=1S/C20H22ClF2N5O2S2/c1-28(2)7-5-24-17-9-14(21)4-3-13(17)12-26-18-10-16(23)19(11-15(18)22)32(29,30)27-20-25-6-8-31-20/h3-4,6,8-11,24,26H,5,7,12H2,1-2H3,(H,25,27). The summed E-state index contributed by atoms with van der Waals surface area (Å²) in [7, 11) is -0.414. The van der Waals surface area contributed by atoms with Crippen LogP contribution in [0.4, 0.5) is 25.3 Å². The molecule has 0 unspecified atom stereocenters. The number of rotatable bonds is 10. The van der Waals surface area contributed by atoms with E-state index in [1.165, 1.54) is 6.20 Å². The summed E-state index contributed by atoms with van der Waals surface area (Å²) in [5.74, 6) is -1.99. The summed E-state index contributed by atoms with van der Waals surface area (Å²) in [5.41, 5.74) is 1.39. The van der Waals surface area contributed by atoms with Crippen LogP contribution in [0.1, 0.15) is 5.56 Å². The first kappa shape index (κ1) is 24.2. The number of nitrogens with one attached hydrogen (secondary N) is 3. The lowest BCUT2D eigenvalue weighted by atomic mass is 10.1. The summed E-state index contributed by atoms with van der Waals surface area (Å²) < 4.78 is 56.1. The molecule has 0 aliphatic heterocycles. The summed E-state index contributed by atoms with van der Waals surface area (Å²) in [4.78, 5) is 5.01. The van der Waals surface area contributed by atoms with Gasteiger partial charge in [-0.2, -0.15) is 0 Å². The third-order valence-corrected chi connectivity index (χ3v) is 6.79. The number of nitrogens with zero attached hydrogens (tertiary/aromatic N) is 2. The quantitative estimate of drug-likeness (QED) is 0.380. The molecule has 0 saturated heterocycles. The predicted molar refractivity (Wildman–Crippen MR) is 125 cm³/mol. The number of hydrogen-bond donors (Lipinski definition) is 3. The first-order valence-electron chi connectivity index (χ1n) is 9.48. The fourth-order valence-electron chi connectivity index (χ4n) is 2.79. The maximum Gasteiger partial charge on any atom is 0.266 e. The number of likely N-dealkylation sites (N-methyl/N-ethyl adjacent to an activating group) is 1. The SMILES string of the molecule is CN(C)CCNc1cc(Cl)ccc1CNc1cc(F)c(S(=O)(=O)Nc2nccs2)cc1F. The minimum atomic E-state index is -4.32. The minimum absolute atomic E-state index is 0.0593. The summed E-state index contributed by atoms with van der Waals surface area (Å²) in [6, 6.07) is 6.70. The van der Waals surface area contributed by atoms with Gasteiger partial charge in [-0.15, -0.1) is 11.3 Å². The van der Waals surface area contributed by atoms with Crippen LogP contribution in [-0.2, 0) is 16.6 Å². The average molecular weight is 502 g/mol. The number of hydrogen-bond acceptors (Lipinski definition) is 7. The molecule has 3 aromatic rings. The van der Waals surface area contributed by atoms with Gasteiger partial charge in [-0.1, -0.05) is 17.7 Å². The normalized spacial score (nSPS) is 11.6. The molecule has 0 bridgehead atoms. The smallest absolute Gasteiger partial charge is 0.266 e. The zero-order chi connectivity index (χ0) is 23.3. The van der Waals surface area contributed by atoms with E-state index in [-0.39, 0.29) is 17.4 Å². The highest BCUT2D eigenvalue weighted by Crippen LogP contribution is 2.27. The lowest BCUT2D eigenvalue weighted by Gasteiger charge is -2.16. The lowest BCUT2D eigenvalue weighted by Crippen LogP contribution is -2.21. The molecule has 2 aromatic carbocycles. The van der Waals surface area contributed by atoms with Crippen molar-refractivity contribution in [3.05, 3.63) is 64.1 Å². The lowest BCUT2D eigenvalue weighted by molar-refractivity contribution is 0.425. The molecule has 0 spiro atoms. The first-order chi connectivity index (χ1) is 15.2. The van der Waals surface area contributed by atoms with Crippen molar-refractivity contribution in [2.45, 2.75) is 11.4 Å². The Morgan fingerprint density at radius 3 is 2.56 bits per heavy atom. The minimum Gasteiger partial charge on any atom is -0.383 e. The van der Waals surface area contributed by atoms with Gasteiger partial charge in [0.1, 0.15) is 16.5 Å². The van der Waals surface area contributed by atoms with Crippen LogP contribution < -0.4 is 15.4 Å². The molecule has 7 nitrogen and oxygen atoms in total. The van der Waals surface area contributed by atoms with Crippen molar-refractivity contribution in [2.24, 2.45) is 0 Å². The summed E-state index contributed by atoms with van der Waals surface area (Å²) >= 11 is 7.11. The molecule has 0 atom stereocenters. The van der Waals surface area contributed by atoms with Gasteiger partial charge >= 0.3 is 0 Å². The second-order valence-electron chi connectivity index (χ2n) is 7.09. The molecule has 12 heteroatoms. The zero-order valence-corrected chi connectivity index (χ0v) is 19.7. The van der Waals surface area contributed by atoms with Crippen molar-refractivity contribution >= 4 is 49.5 Å². The largest absolute Gasteiger partial charge is 0.383 e. The highest BCUT2D eigenvalue weighted by molar-refractivity contribution is 7.93. The molecule has 0 aliphatic carbocycles. The third-order valence-electron chi connectivity index (χ3n) is 4.38. The Labute approximate surface area is 194 Å². The molecule has 0 fully saturated rings. The van der Waals surface area contributed by atoms with Crippen LogP contribution >= 0.6 is 22.9 Å². The van der Waals surface area contributed by atoms with Gasteiger partial charge in [0.15, 0.2) is 5.13 Å². The van der Waals surface area contributed by atoms with Crippen molar-refractivity contribution in [2.75, 3.05) is 42.5 Å². The predicted octanol–water partition coefficient (Wildman–Crippen LogP) is 4.46. The van der Waals surface area contributed by atoms with Gasteiger partial charge in [-0.05, 0) is 37.9 Å². The Morgan fingerprint density at radius 2 is 1.88 bits per heavy atom. The van der Waals surface area contributed by atoms with E-state index in [1.54, 1.807) is 23.6 Å². The van der Waals surface area contributed by atoms with Gasteiger partial charge in [0, 0.05) is 48.0 Å². The van der Waals surface area contributed by atoms with Crippen molar-refractivity contribution in [1.29, 1.82) is 0 Å². The monoisotopic (exact) mass is 501 g/mol. The second-order valence-corrected chi connectivity index (χ2v) is 10.1. The fraction of sp³-hybridized carbons (Fsp3) is 0.250. The Bertz CT molecular complexity index is 1170. The van der Waals surface area contributed by atoms with Crippen molar-refractivity contribution < 1.29 is 17.2 Å². The Balaban J connectivity index is 1.76. The highest BCUT2D eigenvalue weighted by Gasteiger charge is 2.23. The van der Waals surface area contributed by atoms with Gasteiger partial charge in [0.25, 0.3) is 10.0 Å². The van der Waals surface area contributed by atoms with Gasteiger partial charge in [-0.3, -0.25) is 4.72 Å². The molecular weight excluding hydrogens is 480 g/mol. The van der Waals surface area contributed by atoms with Crippen molar-refractivity contribution in [1.82, 2.24) is 9.88 Å². The fourth-order valence-corrected chi connectivity index (χ4v) is 4.82. The van der Waals surface area contributed by atoms with Crippen LogP contribution in [0.15, 0.2) is 46.8 Å². The van der Waals surface area contributed by atoms with Crippen LogP contribution in [0, 0.1) is 11.6 Å². The molecule has 0 saturated carbocycles. The number of aromatic nitrogens is 1. The van der Waals surface area contributed by atoms with E-state index in [0.717, 1.165) is 35.2 Å². The molecule has 0 aliphatic rings. The van der Waals surface area contributed by atoms with Crippen LogP contribution in [0.5, 0.6) is 0 Å². The first-order valence-corrected chi connectivity index (χ1v) is 12.2. The van der Waals surface area contributed by atoms with Gasteiger partial charge < -0.3 is 15.5 Å². The Morgan fingerprint density at radius 1 is 1.09 bits per heavy atom. The molecule has 3 rings (SSSR count). The van der Waals surface area contributed by atoms with Crippen LogP contribution in [0.2, 0.25) is 5.02 Å². The van der Waals surface area contributed by atoms with E-state index in [9.17, 15) is 17.2 Å². The van der Waals surface area contributed by atoms with Crippen LogP contribution in [0.3, 0.4) is 0 Å². The number of sulfonamides is 1. The maximum atomic E-state index is 14.6. The summed E-state index contributed by atoms with van der Waals surface area (Å²) in [6.07, 6.45) is 1.40. The zero-order valence-electron chi connectivity index (χ0n) is 17.3. The number of anilines is 3. The van der Waals surface area contributed by atoms with Gasteiger partial charge in [0.05, 0.1) is 5.69 Å². The molecule has 0 amide bonds. The molecular formula is C20H22ClF2N5O2S2. The maximum absolute atomic E-state index is 14.6. The van der Waals surface area contributed by atoms with Gasteiger partial charge in [0.2, 0.25) is 0 Å². The van der Waals surface area contributed by atoms with E-state index in [0.29, 0.717) is 17.6 Å². The van der Waals surface area contributed by atoms with E-state index < -0.39 is 26.6 Å². The van der Waals surface area contributed by atoms with E-state index in [2.05, 4.69) is 20.3 Å². The third kappa shape index (κ3) is 6.28. The van der Waals surface area contributed by atoms with E-state index in [1.807, 2.05) is 19.0 Å². The summed E-state index contributed by atoms with van der Waals surface area (Å²) in [6.45, 7) is 1.63. The average Bonchev–Trinajstić information content (AvgIpc) is 3.21. The Hall–Kier alpha value is -2.47. The molecule has 0 radical (unpaired) electrons. The van der Waals surface area contributed by atoms with Gasteiger partial charge in [-0.25, -0.2) is 22.2 Å². The van der Waals surface area contributed by atoms with Crippen LogP contribution in [0.25, 0.3) is 0 Å². The topological polar surface area (TPSA) is 86.4 Å². The highest BCUT2D eigenvalue weighted by atomic mass is 35.5. The molecule has 172 valence electrons. The molecule has 3 N–H and O–H groups in total. The summed E-state index contributed by atoms with van der Waals surface area (Å²) in [5, 5.41) is 8.25.